The molecule has 0 fully saturated rings. The molecule has 1 aromatic carbocycles. The lowest BCUT2D eigenvalue weighted by molar-refractivity contribution is -0.139. The largest absolute Gasteiger partial charge is 0.481 e. The predicted molar refractivity (Wildman–Crippen MR) is 96.1 cm³/mol. The first kappa shape index (κ1) is 21.2. The van der Waals surface area contributed by atoms with Crippen LogP contribution in [-0.2, 0) is 25.8 Å². The van der Waals surface area contributed by atoms with E-state index in [4.69, 9.17) is 5.11 Å². The van der Waals surface area contributed by atoms with Crippen LogP contribution < -0.4 is 5.32 Å². The zero-order valence-corrected chi connectivity index (χ0v) is 16.2. The van der Waals surface area contributed by atoms with Gasteiger partial charge in [-0.2, -0.15) is 0 Å². The monoisotopic (exact) mass is 369 g/mol. The number of hydrogen-bond acceptors (Lipinski definition) is 4. The van der Waals surface area contributed by atoms with Crippen molar-refractivity contribution in [2.75, 3.05) is 0 Å². The molecule has 0 heterocycles. The molecule has 2 N–H and O–H groups in total. The van der Waals surface area contributed by atoms with E-state index < -0.39 is 26.6 Å². The van der Waals surface area contributed by atoms with Gasteiger partial charge >= 0.3 is 5.97 Å². The molecular weight excluding hydrogens is 342 g/mol. The normalized spacial score (nSPS) is 14.4. The van der Waals surface area contributed by atoms with Crippen molar-refractivity contribution in [3.8, 4) is 0 Å². The average Bonchev–Trinajstić information content (AvgIpc) is 2.46. The van der Waals surface area contributed by atoms with Gasteiger partial charge in [-0.3, -0.25) is 9.59 Å². The average molecular weight is 369 g/mol. The molecular formula is C18H27NO5S. The molecule has 6 nitrogen and oxygen atoms in total. The van der Waals surface area contributed by atoms with Crippen LogP contribution in [0.2, 0.25) is 0 Å². The standard InChI is InChI=1S/C18H27NO5S/c1-12(2)18(5,11-17(21)22)19-16(20)10-14-6-8-15(9-7-14)25(23,24)13(3)4/h6-9,12-13H,10-11H2,1-5H3,(H,19,20)(H,21,22). The number of benzene rings is 1. The van der Waals surface area contributed by atoms with Crippen molar-refractivity contribution in [2.24, 2.45) is 5.92 Å². The molecule has 0 saturated heterocycles. The molecule has 1 unspecified atom stereocenters. The first-order chi connectivity index (χ1) is 11.4. The second-order valence-electron chi connectivity index (χ2n) is 7.11. The Morgan fingerprint density at radius 1 is 1.12 bits per heavy atom. The van der Waals surface area contributed by atoms with E-state index in [0.717, 1.165) is 0 Å². The van der Waals surface area contributed by atoms with Gasteiger partial charge in [-0.25, -0.2) is 8.42 Å². The summed E-state index contributed by atoms with van der Waals surface area (Å²) in [5.41, 5.74) is -0.175. The molecule has 1 amide bonds. The summed E-state index contributed by atoms with van der Waals surface area (Å²) in [6.45, 7) is 8.66. The molecule has 1 aromatic rings. The zero-order valence-electron chi connectivity index (χ0n) is 15.4. The number of carboxylic acid groups (broad SMARTS) is 1. The summed E-state index contributed by atoms with van der Waals surface area (Å²) < 4.78 is 24.2. The van der Waals surface area contributed by atoms with Crippen molar-refractivity contribution in [1.82, 2.24) is 5.32 Å². The number of aliphatic carboxylic acids is 1. The highest BCUT2D eigenvalue weighted by Crippen LogP contribution is 2.21. The van der Waals surface area contributed by atoms with E-state index in [2.05, 4.69) is 5.32 Å². The van der Waals surface area contributed by atoms with Crippen molar-refractivity contribution in [3.63, 3.8) is 0 Å². The molecule has 0 aliphatic carbocycles. The molecule has 25 heavy (non-hydrogen) atoms. The summed E-state index contributed by atoms with van der Waals surface area (Å²) in [4.78, 5) is 23.5. The highest BCUT2D eigenvalue weighted by Gasteiger charge is 2.32. The number of nitrogens with one attached hydrogen (secondary N) is 1. The minimum atomic E-state index is -3.34. The van der Waals surface area contributed by atoms with Gasteiger partial charge in [0.2, 0.25) is 5.91 Å². The SMILES string of the molecule is CC(C)C(C)(CC(=O)O)NC(=O)Cc1ccc(S(=O)(=O)C(C)C)cc1. The van der Waals surface area contributed by atoms with Crippen molar-refractivity contribution in [1.29, 1.82) is 0 Å². The first-order valence-electron chi connectivity index (χ1n) is 8.24. The van der Waals surface area contributed by atoms with E-state index in [1.54, 1.807) is 32.9 Å². The predicted octanol–water partition coefficient (Wildman–Crippen LogP) is 2.42. The van der Waals surface area contributed by atoms with Gasteiger partial charge in [-0.1, -0.05) is 26.0 Å². The van der Waals surface area contributed by atoms with Gasteiger partial charge < -0.3 is 10.4 Å². The van der Waals surface area contributed by atoms with Crippen LogP contribution in [0.15, 0.2) is 29.2 Å². The fraction of sp³-hybridized carbons (Fsp3) is 0.556. The van der Waals surface area contributed by atoms with E-state index in [1.807, 2.05) is 13.8 Å². The number of sulfone groups is 1. The third-order valence-electron chi connectivity index (χ3n) is 4.45. The van der Waals surface area contributed by atoms with Crippen molar-refractivity contribution in [2.45, 2.75) is 63.1 Å². The minimum absolute atomic E-state index is 0.0499. The Morgan fingerprint density at radius 3 is 2.04 bits per heavy atom. The molecule has 0 spiro atoms. The number of carbonyl (C=O) groups is 2. The van der Waals surface area contributed by atoms with Gasteiger partial charge in [0.15, 0.2) is 9.84 Å². The zero-order chi connectivity index (χ0) is 19.4. The Bertz CT molecular complexity index is 722. The van der Waals surface area contributed by atoms with Crippen LogP contribution in [0, 0.1) is 5.92 Å². The van der Waals surface area contributed by atoms with Crippen molar-refractivity contribution in [3.05, 3.63) is 29.8 Å². The van der Waals surface area contributed by atoms with E-state index in [-0.39, 0.29) is 29.6 Å². The highest BCUT2D eigenvalue weighted by molar-refractivity contribution is 7.92. The van der Waals surface area contributed by atoms with Gasteiger partial charge in [0.05, 0.1) is 23.0 Å². The van der Waals surface area contributed by atoms with Gasteiger partial charge in [-0.05, 0) is 44.4 Å². The Hall–Kier alpha value is -1.89. The number of amides is 1. The Balaban J connectivity index is 2.85. The van der Waals surface area contributed by atoms with Gasteiger partial charge in [0.1, 0.15) is 0 Å². The smallest absolute Gasteiger partial charge is 0.305 e. The summed E-state index contributed by atoms with van der Waals surface area (Å²) in [6, 6.07) is 6.21. The Kier molecular flexibility index (Phi) is 6.76. The third kappa shape index (κ3) is 5.56. The molecule has 0 bridgehead atoms. The molecule has 0 aromatic heterocycles. The van der Waals surface area contributed by atoms with E-state index in [0.29, 0.717) is 5.56 Å². The topological polar surface area (TPSA) is 101 Å². The molecule has 7 heteroatoms. The molecule has 0 saturated carbocycles. The van der Waals surface area contributed by atoms with Crippen LogP contribution in [-0.4, -0.2) is 36.2 Å². The molecule has 0 aliphatic rings. The first-order valence-corrected chi connectivity index (χ1v) is 9.78. The fourth-order valence-corrected chi connectivity index (χ4v) is 3.38. The maximum absolute atomic E-state index is 12.3. The lowest BCUT2D eigenvalue weighted by Gasteiger charge is -2.33. The lowest BCUT2D eigenvalue weighted by Crippen LogP contribution is -2.51. The number of carboxylic acids is 1. The molecule has 1 rings (SSSR count). The summed E-state index contributed by atoms with van der Waals surface area (Å²) in [7, 11) is -3.34. The van der Waals surface area contributed by atoms with E-state index in [1.165, 1.54) is 12.1 Å². The second kappa shape index (κ2) is 7.99. The van der Waals surface area contributed by atoms with E-state index >= 15 is 0 Å². The third-order valence-corrected chi connectivity index (χ3v) is 6.63. The Morgan fingerprint density at radius 2 is 1.64 bits per heavy atom. The van der Waals surface area contributed by atoms with Crippen molar-refractivity contribution >= 4 is 21.7 Å². The maximum Gasteiger partial charge on any atom is 0.305 e. The van der Waals surface area contributed by atoms with Gasteiger partial charge in [-0.15, -0.1) is 0 Å². The maximum atomic E-state index is 12.3. The van der Waals surface area contributed by atoms with Gasteiger partial charge in [0, 0.05) is 5.54 Å². The molecule has 140 valence electrons. The summed E-state index contributed by atoms with van der Waals surface area (Å²) >= 11 is 0. The minimum Gasteiger partial charge on any atom is -0.481 e. The number of hydrogen-bond donors (Lipinski definition) is 2. The van der Waals surface area contributed by atoms with Crippen LogP contribution in [0.25, 0.3) is 0 Å². The summed E-state index contributed by atoms with van der Waals surface area (Å²) in [5.74, 6) is -1.32. The molecule has 0 radical (unpaired) electrons. The lowest BCUT2D eigenvalue weighted by atomic mass is 9.85. The Labute approximate surface area is 149 Å². The summed E-state index contributed by atoms with van der Waals surface area (Å²) in [5, 5.41) is 11.3. The van der Waals surface area contributed by atoms with Crippen LogP contribution in [0.1, 0.15) is 46.6 Å². The van der Waals surface area contributed by atoms with E-state index in [9.17, 15) is 18.0 Å². The van der Waals surface area contributed by atoms with Crippen LogP contribution in [0.3, 0.4) is 0 Å². The van der Waals surface area contributed by atoms with Crippen LogP contribution in [0.5, 0.6) is 0 Å². The van der Waals surface area contributed by atoms with Gasteiger partial charge in [0.25, 0.3) is 0 Å². The quantitative estimate of drug-likeness (QED) is 0.733. The highest BCUT2D eigenvalue weighted by atomic mass is 32.2. The van der Waals surface area contributed by atoms with Crippen molar-refractivity contribution < 1.29 is 23.1 Å². The van der Waals surface area contributed by atoms with Crippen LogP contribution >= 0.6 is 0 Å². The molecule has 1 atom stereocenters. The molecule has 0 aliphatic heterocycles. The van der Waals surface area contributed by atoms with Crippen LogP contribution in [0.4, 0.5) is 0 Å². The fourth-order valence-electron chi connectivity index (χ4n) is 2.32. The second-order valence-corrected chi connectivity index (χ2v) is 9.61. The number of rotatable bonds is 8. The number of carbonyl (C=O) groups excluding carboxylic acids is 1. The summed E-state index contributed by atoms with van der Waals surface area (Å²) in [6.07, 6.45) is -0.105.